The van der Waals surface area contributed by atoms with Crippen LogP contribution in [0.3, 0.4) is 0 Å². The standard InChI is InChI=1S/C10H15ClN2.ClH/c1-10(2,3)9(12)7-4-5-8(11)13-6-7;/h4-6,9H,12H2,1-3H3;1H/t9-;/m1./s1. The van der Waals surface area contributed by atoms with Gasteiger partial charge in [0, 0.05) is 12.2 Å². The fourth-order valence-electron chi connectivity index (χ4n) is 1.07. The Hall–Kier alpha value is -0.310. The number of hydrogen-bond acceptors (Lipinski definition) is 2. The Kier molecular flexibility index (Phi) is 4.85. The smallest absolute Gasteiger partial charge is 0.129 e. The molecule has 1 aromatic rings. The number of halogens is 2. The number of pyridine rings is 1. The lowest BCUT2D eigenvalue weighted by Crippen LogP contribution is -2.26. The summed E-state index contributed by atoms with van der Waals surface area (Å²) >= 11 is 5.68. The Morgan fingerprint density at radius 1 is 1.36 bits per heavy atom. The van der Waals surface area contributed by atoms with Crippen LogP contribution in [-0.4, -0.2) is 4.98 Å². The van der Waals surface area contributed by atoms with Gasteiger partial charge in [-0.05, 0) is 17.0 Å². The van der Waals surface area contributed by atoms with Crippen molar-refractivity contribution >= 4 is 24.0 Å². The average molecular weight is 235 g/mol. The molecule has 1 atom stereocenters. The highest BCUT2D eigenvalue weighted by molar-refractivity contribution is 6.29. The van der Waals surface area contributed by atoms with Gasteiger partial charge in [0.05, 0.1) is 0 Å². The summed E-state index contributed by atoms with van der Waals surface area (Å²) in [5.41, 5.74) is 7.12. The third-order valence-corrected chi connectivity index (χ3v) is 2.27. The summed E-state index contributed by atoms with van der Waals surface area (Å²) in [6.45, 7) is 6.31. The second-order valence-corrected chi connectivity index (χ2v) is 4.65. The minimum Gasteiger partial charge on any atom is -0.323 e. The van der Waals surface area contributed by atoms with Gasteiger partial charge in [-0.25, -0.2) is 4.98 Å². The molecule has 0 unspecified atom stereocenters. The summed E-state index contributed by atoms with van der Waals surface area (Å²) < 4.78 is 0. The highest BCUT2D eigenvalue weighted by Crippen LogP contribution is 2.29. The van der Waals surface area contributed by atoms with Crippen molar-refractivity contribution in [3.63, 3.8) is 0 Å². The first-order valence-corrected chi connectivity index (χ1v) is 4.66. The van der Waals surface area contributed by atoms with Crippen molar-refractivity contribution in [2.45, 2.75) is 26.8 Å². The Labute approximate surface area is 96.3 Å². The van der Waals surface area contributed by atoms with Gasteiger partial charge in [-0.15, -0.1) is 12.4 Å². The van der Waals surface area contributed by atoms with E-state index in [1.807, 2.05) is 6.07 Å². The van der Waals surface area contributed by atoms with Crippen LogP contribution in [-0.2, 0) is 0 Å². The summed E-state index contributed by atoms with van der Waals surface area (Å²) in [6, 6.07) is 3.69. The molecular weight excluding hydrogens is 219 g/mol. The van der Waals surface area contributed by atoms with E-state index in [0.717, 1.165) is 5.56 Å². The molecule has 0 radical (unpaired) electrons. The molecule has 0 aliphatic carbocycles. The summed E-state index contributed by atoms with van der Waals surface area (Å²) in [5.74, 6) is 0. The van der Waals surface area contributed by atoms with Crippen molar-refractivity contribution in [2.75, 3.05) is 0 Å². The van der Waals surface area contributed by atoms with E-state index < -0.39 is 0 Å². The highest BCUT2D eigenvalue weighted by Gasteiger charge is 2.22. The van der Waals surface area contributed by atoms with E-state index >= 15 is 0 Å². The quantitative estimate of drug-likeness (QED) is 0.759. The number of nitrogens with zero attached hydrogens (tertiary/aromatic N) is 1. The van der Waals surface area contributed by atoms with Crippen LogP contribution in [0.2, 0.25) is 5.15 Å². The van der Waals surface area contributed by atoms with Gasteiger partial charge < -0.3 is 5.73 Å². The Bertz CT molecular complexity index is 277. The van der Waals surface area contributed by atoms with Gasteiger partial charge in [-0.3, -0.25) is 0 Å². The molecule has 0 bridgehead atoms. The minimum atomic E-state index is -0.00253. The zero-order valence-corrected chi connectivity index (χ0v) is 10.2. The third-order valence-electron chi connectivity index (χ3n) is 2.04. The van der Waals surface area contributed by atoms with Gasteiger partial charge >= 0.3 is 0 Å². The van der Waals surface area contributed by atoms with Crippen LogP contribution < -0.4 is 5.73 Å². The van der Waals surface area contributed by atoms with E-state index in [1.54, 1.807) is 12.3 Å². The topological polar surface area (TPSA) is 38.9 Å². The molecule has 80 valence electrons. The zero-order chi connectivity index (χ0) is 10.1. The second-order valence-electron chi connectivity index (χ2n) is 4.26. The van der Waals surface area contributed by atoms with Gasteiger partial charge in [0.25, 0.3) is 0 Å². The predicted octanol–water partition coefficient (Wildman–Crippen LogP) is 3.20. The van der Waals surface area contributed by atoms with Crippen molar-refractivity contribution in [1.29, 1.82) is 0 Å². The number of nitrogens with two attached hydrogens (primary N) is 1. The Balaban J connectivity index is 0.00000169. The van der Waals surface area contributed by atoms with E-state index in [0.29, 0.717) is 5.15 Å². The molecule has 0 aliphatic rings. The molecule has 0 amide bonds. The Morgan fingerprint density at radius 2 is 1.93 bits per heavy atom. The molecule has 0 fully saturated rings. The maximum absolute atomic E-state index is 6.04. The van der Waals surface area contributed by atoms with Crippen molar-refractivity contribution < 1.29 is 0 Å². The Morgan fingerprint density at radius 3 is 2.29 bits per heavy atom. The lowest BCUT2D eigenvalue weighted by Gasteiger charge is -2.26. The third kappa shape index (κ3) is 3.45. The summed E-state index contributed by atoms with van der Waals surface area (Å²) in [4.78, 5) is 4.00. The molecule has 4 heteroatoms. The maximum Gasteiger partial charge on any atom is 0.129 e. The fourth-order valence-corrected chi connectivity index (χ4v) is 1.18. The molecule has 1 aromatic heterocycles. The number of hydrogen-bond donors (Lipinski definition) is 1. The van der Waals surface area contributed by atoms with Crippen LogP contribution in [0.4, 0.5) is 0 Å². The zero-order valence-electron chi connectivity index (χ0n) is 8.62. The van der Waals surface area contributed by atoms with Gasteiger partial charge in [-0.2, -0.15) is 0 Å². The van der Waals surface area contributed by atoms with Crippen molar-refractivity contribution in [1.82, 2.24) is 4.98 Å². The predicted molar refractivity (Wildman–Crippen MR) is 62.9 cm³/mol. The minimum absolute atomic E-state index is 0. The first kappa shape index (κ1) is 13.7. The van der Waals surface area contributed by atoms with Gasteiger partial charge in [-0.1, -0.05) is 38.4 Å². The number of aromatic nitrogens is 1. The SMILES string of the molecule is CC(C)(C)[C@H](N)c1ccc(Cl)nc1.Cl. The summed E-state index contributed by atoms with van der Waals surface area (Å²) in [5, 5.41) is 0.504. The molecule has 0 aromatic carbocycles. The molecule has 0 spiro atoms. The van der Waals surface area contributed by atoms with Crippen LogP contribution in [0.25, 0.3) is 0 Å². The molecule has 1 heterocycles. The van der Waals surface area contributed by atoms with Crippen LogP contribution in [0, 0.1) is 5.41 Å². The first-order valence-electron chi connectivity index (χ1n) is 4.28. The molecule has 2 nitrogen and oxygen atoms in total. The normalized spacial score (nSPS) is 13.2. The molecular formula is C10H16Cl2N2. The lowest BCUT2D eigenvalue weighted by molar-refractivity contribution is 0.326. The largest absolute Gasteiger partial charge is 0.323 e. The lowest BCUT2D eigenvalue weighted by atomic mass is 9.84. The van der Waals surface area contributed by atoms with Gasteiger partial charge in [0.2, 0.25) is 0 Å². The maximum atomic E-state index is 6.04. The van der Waals surface area contributed by atoms with E-state index in [4.69, 9.17) is 17.3 Å². The van der Waals surface area contributed by atoms with Crippen molar-refractivity contribution in [3.05, 3.63) is 29.0 Å². The van der Waals surface area contributed by atoms with Crippen LogP contribution in [0.5, 0.6) is 0 Å². The van der Waals surface area contributed by atoms with Crippen molar-refractivity contribution in [2.24, 2.45) is 11.1 Å². The van der Waals surface area contributed by atoms with Gasteiger partial charge in [0.15, 0.2) is 0 Å². The van der Waals surface area contributed by atoms with Crippen LogP contribution in [0.1, 0.15) is 32.4 Å². The summed E-state index contributed by atoms with van der Waals surface area (Å²) in [7, 11) is 0. The molecule has 0 saturated heterocycles. The summed E-state index contributed by atoms with van der Waals surface area (Å²) in [6.07, 6.45) is 1.73. The van der Waals surface area contributed by atoms with Crippen LogP contribution in [0.15, 0.2) is 18.3 Å². The number of rotatable bonds is 1. The van der Waals surface area contributed by atoms with E-state index in [2.05, 4.69) is 25.8 Å². The van der Waals surface area contributed by atoms with E-state index in [1.165, 1.54) is 0 Å². The molecule has 14 heavy (non-hydrogen) atoms. The molecule has 0 saturated carbocycles. The molecule has 1 rings (SSSR count). The van der Waals surface area contributed by atoms with E-state index in [9.17, 15) is 0 Å². The second kappa shape index (κ2) is 4.96. The first-order chi connectivity index (χ1) is 5.91. The van der Waals surface area contributed by atoms with Gasteiger partial charge in [0.1, 0.15) is 5.15 Å². The van der Waals surface area contributed by atoms with Crippen molar-refractivity contribution in [3.8, 4) is 0 Å². The average Bonchev–Trinajstić information content (AvgIpc) is 2.03. The van der Waals surface area contributed by atoms with Crippen LogP contribution >= 0.6 is 24.0 Å². The van der Waals surface area contributed by atoms with E-state index in [-0.39, 0.29) is 23.9 Å². The molecule has 0 aliphatic heterocycles. The fraction of sp³-hybridized carbons (Fsp3) is 0.500. The monoisotopic (exact) mass is 234 g/mol. The molecule has 2 N–H and O–H groups in total. The highest BCUT2D eigenvalue weighted by atomic mass is 35.5.